The summed E-state index contributed by atoms with van der Waals surface area (Å²) in [5.41, 5.74) is 7.84. The average molecular weight is 311 g/mol. The van der Waals surface area contributed by atoms with Gasteiger partial charge in [0.05, 0.1) is 10.6 Å². The third-order valence-corrected chi connectivity index (χ3v) is 3.17. The van der Waals surface area contributed by atoms with Crippen LogP contribution in [0, 0.1) is 19.7 Å². The zero-order chi connectivity index (χ0) is 14.9. The predicted molar refractivity (Wildman–Crippen MR) is 81.1 cm³/mol. The van der Waals surface area contributed by atoms with Gasteiger partial charge in [-0.2, -0.15) is 0 Å². The van der Waals surface area contributed by atoms with E-state index in [-0.39, 0.29) is 21.6 Å². The Kier molecular flexibility index (Phi) is 4.20. The first kappa shape index (κ1) is 14.7. The minimum Gasteiger partial charge on any atom is -0.438 e. The third kappa shape index (κ3) is 3.05. The van der Waals surface area contributed by atoms with Crippen LogP contribution in [0.15, 0.2) is 24.3 Å². The highest BCUT2D eigenvalue weighted by Crippen LogP contribution is 2.28. The molecule has 0 saturated carbocycles. The van der Waals surface area contributed by atoms with Crippen molar-refractivity contribution in [3.63, 3.8) is 0 Å². The first-order valence-corrected chi connectivity index (χ1v) is 6.58. The van der Waals surface area contributed by atoms with Crippen LogP contribution >= 0.6 is 23.8 Å². The number of thiocarbonyl (C=S) groups is 1. The van der Waals surface area contributed by atoms with Crippen LogP contribution < -0.4 is 10.5 Å². The van der Waals surface area contributed by atoms with Crippen LogP contribution in [0.4, 0.5) is 4.39 Å². The molecule has 0 radical (unpaired) electrons. The highest BCUT2D eigenvalue weighted by Gasteiger charge is 2.14. The minimum atomic E-state index is -0.564. The molecular formula is C14H12ClFN2OS. The Morgan fingerprint density at radius 1 is 1.35 bits per heavy atom. The van der Waals surface area contributed by atoms with Gasteiger partial charge >= 0.3 is 0 Å². The number of aromatic nitrogens is 1. The van der Waals surface area contributed by atoms with Crippen LogP contribution in [0.1, 0.15) is 16.8 Å². The highest BCUT2D eigenvalue weighted by molar-refractivity contribution is 7.80. The molecule has 2 rings (SSSR count). The van der Waals surface area contributed by atoms with Gasteiger partial charge < -0.3 is 10.5 Å². The molecular weight excluding hydrogens is 299 g/mol. The molecule has 3 nitrogen and oxygen atoms in total. The predicted octanol–water partition coefficient (Wildman–Crippen LogP) is 3.92. The molecule has 0 saturated heterocycles. The third-order valence-electron chi connectivity index (χ3n) is 2.66. The Bertz CT molecular complexity index is 691. The van der Waals surface area contributed by atoms with Crippen molar-refractivity contribution in [2.45, 2.75) is 13.8 Å². The van der Waals surface area contributed by atoms with Gasteiger partial charge in [0.2, 0.25) is 5.88 Å². The summed E-state index contributed by atoms with van der Waals surface area (Å²) in [6.07, 6.45) is 0. The van der Waals surface area contributed by atoms with Crippen molar-refractivity contribution in [2.75, 3.05) is 0 Å². The van der Waals surface area contributed by atoms with Crippen LogP contribution in [0.3, 0.4) is 0 Å². The fraction of sp³-hybridized carbons (Fsp3) is 0.143. The molecule has 0 amide bonds. The van der Waals surface area contributed by atoms with Gasteiger partial charge in [0.15, 0.2) is 0 Å². The number of pyridine rings is 1. The van der Waals surface area contributed by atoms with Crippen LogP contribution in [0.25, 0.3) is 0 Å². The second kappa shape index (κ2) is 5.73. The van der Waals surface area contributed by atoms with E-state index in [1.54, 1.807) is 6.07 Å². The first-order valence-electron chi connectivity index (χ1n) is 5.79. The standard InChI is InChI=1S/C14H12ClFN2OS/c1-7-5-8(2)18-14(12(7)13(17)20)19-9-3-4-10(15)11(16)6-9/h3-6H,1-2H3,(H2,17,20). The maximum absolute atomic E-state index is 13.4. The molecule has 0 bridgehead atoms. The largest absolute Gasteiger partial charge is 0.438 e. The molecule has 6 heteroatoms. The number of nitrogens with two attached hydrogens (primary N) is 1. The molecule has 1 aromatic carbocycles. The number of hydrogen-bond acceptors (Lipinski definition) is 3. The Hall–Kier alpha value is -1.72. The topological polar surface area (TPSA) is 48.1 Å². The molecule has 1 heterocycles. The zero-order valence-corrected chi connectivity index (χ0v) is 12.5. The Labute approximate surface area is 126 Å². The maximum atomic E-state index is 13.4. The van der Waals surface area contributed by atoms with E-state index in [4.69, 9.17) is 34.3 Å². The van der Waals surface area contributed by atoms with Gasteiger partial charge in [0.25, 0.3) is 0 Å². The fourth-order valence-electron chi connectivity index (χ4n) is 1.83. The molecule has 0 atom stereocenters. The van der Waals surface area contributed by atoms with Crippen molar-refractivity contribution in [3.8, 4) is 11.6 Å². The molecule has 0 unspecified atom stereocenters. The lowest BCUT2D eigenvalue weighted by molar-refractivity contribution is 0.455. The number of aryl methyl sites for hydroxylation is 2. The number of nitrogens with zero attached hydrogens (tertiary/aromatic N) is 1. The summed E-state index contributed by atoms with van der Waals surface area (Å²) in [7, 11) is 0. The molecule has 0 spiro atoms. The Morgan fingerprint density at radius 2 is 2.05 bits per heavy atom. The Morgan fingerprint density at radius 3 is 2.65 bits per heavy atom. The average Bonchev–Trinajstić information content (AvgIpc) is 2.32. The lowest BCUT2D eigenvalue weighted by Gasteiger charge is -2.12. The smallest absolute Gasteiger partial charge is 0.229 e. The van der Waals surface area contributed by atoms with E-state index in [1.165, 1.54) is 12.1 Å². The number of benzene rings is 1. The van der Waals surface area contributed by atoms with E-state index in [2.05, 4.69) is 4.98 Å². The van der Waals surface area contributed by atoms with Crippen molar-refractivity contribution in [1.82, 2.24) is 4.98 Å². The molecule has 2 N–H and O–H groups in total. The lowest BCUT2D eigenvalue weighted by atomic mass is 10.1. The van der Waals surface area contributed by atoms with Crippen molar-refractivity contribution >= 4 is 28.8 Å². The molecule has 0 aliphatic heterocycles. The highest BCUT2D eigenvalue weighted by atomic mass is 35.5. The van der Waals surface area contributed by atoms with E-state index in [1.807, 2.05) is 19.9 Å². The number of hydrogen-bond donors (Lipinski definition) is 1. The second-order valence-electron chi connectivity index (χ2n) is 4.30. The summed E-state index contributed by atoms with van der Waals surface area (Å²) in [5, 5.41) is 0.0281. The molecule has 0 fully saturated rings. The van der Waals surface area contributed by atoms with Crippen molar-refractivity contribution in [1.29, 1.82) is 0 Å². The van der Waals surface area contributed by atoms with Gasteiger partial charge in [-0.05, 0) is 37.6 Å². The lowest BCUT2D eigenvalue weighted by Crippen LogP contribution is -2.14. The molecule has 104 valence electrons. The van der Waals surface area contributed by atoms with Crippen molar-refractivity contribution in [2.24, 2.45) is 5.73 Å². The van der Waals surface area contributed by atoms with E-state index in [9.17, 15) is 4.39 Å². The van der Waals surface area contributed by atoms with Crippen LogP contribution in [0.5, 0.6) is 11.6 Å². The fourth-order valence-corrected chi connectivity index (χ4v) is 2.19. The molecule has 0 aliphatic carbocycles. The quantitative estimate of drug-likeness (QED) is 0.873. The molecule has 1 aromatic heterocycles. The van der Waals surface area contributed by atoms with Crippen LogP contribution in [-0.2, 0) is 0 Å². The van der Waals surface area contributed by atoms with Crippen LogP contribution in [0.2, 0.25) is 5.02 Å². The van der Waals surface area contributed by atoms with Gasteiger partial charge in [-0.3, -0.25) is 0 Å². The van der Waals surface area contributed by atoms with Crippen molar-refractivity contribution in [3.05, 3.63) is 51.9 Å². The van der Waals surface area contributed by atoms with E-state index >= 15 is 0 Å². The van der Waals surface area contributed by atoms with E-state index < -0.39 is 5.82 Å². The zero-order valence-electron chi connectivity index (χ0n) is 10.9. The normalized spacial score (nSPS) is 10.4. The monoisotopic (exact) mass is 310 g/mol. The summed E-state index contributed by atoms with van der Waals surface area (Å²) < 4.78 is 19.0. The number of ether oxygens (including phenoxy) is 1. The summed E-state index contributed by atoms with van der Waals surface area (Å²) in [6.45, 7) is 3.68. The molecule has 0 aliphatic rings. The maximum Gasteiger partial charge on any atom is 0.229 e. The first-order chi connectivity index (χ1) is 9.38. The van der Waals surface area contributed by atoms with Gasteiger partial charge in [0.1, 0.15) is 16.6 Å². The second-order valence-corrected chi connectivity index (χ2v) is 5.15. The van der Waals surface area contributed by atoms with Crippen molar-refractivity contribution < 1.29 is 9.13 Å². The van der Waals surface area contributed by atoms with Gasteiger partial charge in [-0.1, -0.05) is 23.8 Å². The molecule has 2 aromatic rings. The number of halogens is 2. The number of rotatable bonds is 3. The van der Waals surface area contributed by atoms with Gasteiger partial charge in [-0.25, -0.2) is 9.37 Å². The Balaban J connectivity index is 2.47. The summed E-state index contributed by atoms with van der Waals surface area (Å²) in [4.78, 5) is 4.44. The van der Waals surface area contributed by atoms with Gasteiger partial charge in [0, 0.05) is 11.8 Å². The minimum absolute atomic E-state index is 0.0281. The summed E-state index contributed by atoms with van der Waals surface area (Å²) in [6, 6.07) is 6.00. The summed E-state index contributed by atoms with van der Waals surface area (Å²) in [5.74, 6) is -0.0240. The van der Waals surface area contributed by atoms with Crippen LogP contribution in [-0.4, -0.2) is 9.97 Å². The van der Waals surface area contributed by atoms with E-state index in [0.717, 1.165) is 11.3 Å². The van der Waals surface area contributed by atoms with E-state index in [0.29, 0.717) is 5.56 Å². The molecule has 20 heavy (non-hydrogen) atoms. The SMILES string of the molecule is Cc1cc(C)c(C(N)=S)c(Oc2ccc(Cl)c(F)c2)n1. The summed E-state index contributed by atoms with van der Waals surface area (Å²) >= 11 is 10.6. The van der Waals surface area contributed by atoms with Gasteiger partial charge in [-0.15, -0.1) is 0 Å².